The number of aromatic nitrogens is 1. The van der Waals surface area contributed by atoms with Crippen LogP contribution in [0.5, 0.6) is 0 Å². The first-order valence-corrected chi connectivity index (χ1v) is 6.27. The second kappa shape index (κ2) is 6.38. The lowest BCUT2D eigenvalue weighted by atomic mass is 10.2. The number of likely N-dealkylation sites (N-methyl/N-ethyl adjacent to an activating group) is 2. The van der Waals surface area contributed by atoms with Crippen molar-refractivity contribution in [1.82, 2.24) is 9.88 Å². The molecule has 0 amide bonds. The topological polar surface area (TPSA) is 82.7 Å². The van der Waals surface area contributed by atoms with E-state index in [1.54, 1.807) is 0 Å². The number of pyridine rings is 1. The van der Waals surface area contributed by atoms with Crippen LogP contribution in [0.1, 0.15) is 24.2 Å². The van der Waals surface area contributed by atoms with E-state index in [1.807, 2.05) is 25.9 Å². The van der Waals surface area contributed by atoms with Crippen molar-refractivity contribution in [2.45, 2.75) is 19.9 Å². The molecule has 1 atom stereocenters. The quantitative estimate of drug-likeness (QED) is 0.803. The first-order valence-electron chi connectivity index (χ1n) is 6.27. The van der Waals surface area contributed by atoms with E-state index >= 15 is 0 Å². The number of carboxylic acids is 1. The number of nitrogens with zero attached hydrogens (tertiary/aromatic N) is 3. The molecule has 0 aliphatic heterocycles. The fourth-order valence-electron chi connectivity index (χ4n) is 2.17. The molecule has 1 heterocycles. The minimum atomic E-state index is -1.03. The zero-order valence-electron chi connectivity index (χ0n) is 11.9. The first-order chi connectivity index (χ1) is 8.88. The Morgan fingerprint density at radius 1 is 1.53 bits per heavy atom. The van der Waals surface area contributed by atoms with Crippen molar-refractivity contribution >= 4 is 17.5 Å². The van der Waals surface area contributed by atoms with Gasteiger partial charge in [-0.15, -0.1) is 0 Å². The summed E-state index contributed by atoms with van der Waals surface area (Å²) >= 11 is 0. The van der Waals surface area contributed by atoms with Gasteiger partial charge < -0.3 is 20.6 Å². The summed E-state index contributed by atoms with van der Waals surface area (Å²) in [7, 11) is 3.99. The Bertz CT molecular complexity index is 448. The number of carboxylic acid groups (broad SMARTS) is 1. The number of carbonyl (C=O) groups is 1. The first kappa shape index (κ1) is 15.2. The predicted octanol–water partition coefficient (Wildman–Crippen LogP) is 1.14. The summed E-state index contributed by atoms with van der Waals surface area (Å²) in [5.41, 5.74) is 6.25. The van der Waals surface area contributed by atoms with Crippen LogP contribution in [0, 0.1) is 0 Å². The molecule has 1 aromatic heterocycles. The number of nitrogens with two attached hydrogens (primary N) is 1. The standard InChI is InChI=1S/C13H22N4O2/c1-5-17(9(2)8-16(3)4)12-11(14)10(13(18)19)6-7-15-12/h6-7,9H,5,8,14H2,1-4H3,(H,18,19). The summed E-state index contributed by atoms with van der Waals surface area (Å²) in [6.07, 6.45) is 1.49. The lowest BCUT2D eigenvalue weighted by molar-refractivity contribution is 0.0698. The Kier molecular flexibility index (Phi) is 5.11. The molecular weight excluding hydrogens is 244 g/mol. The van der Waals surface area contributed by atoms with Crippen molar-refractivity contribution in [1.29, 1.82) is 0 Å². The van der Waals surface area contributed by atoms with Crippen LogP contribution in [0.15, 0.2) is 12.3 Å². The highest BCUT2D eigenvalue weighted by Gasteiger charge is 2.20. The molecule has 19 heavy (non-hydrogen) atoms. The van der Waals surface area contributed by atoms with E-state index in [0.717, 1.165) is 13.1 Å². The van der Waals surface area contributed by atoms with E-state index in [1.165, 1.54) is 12.3 Å². The van der Waals surface area contributed by atoms with Crippen LogP contribution >= 0.6 is 0 Å². The van der Waals surface area contributed by atoms with Gasteiger partial charge in [0.25, 0.3) is 0 Å². The number of nitrogen functional groups attached to an aromatic ring is 1. The number of aromatic carboxylic acids is 1. The SMILES string of the molecule is CCN(c1nccc(C(=O)O)c1N)C(C)CN(C)C. The molecule has 0 saturated carbocycles. The molecule has 1 rings (SSSR count). The van der Waals surface area contributed by atoms with E-state index in [2.05, 4.69) is 16.8 Å². The van der Waals surface area contributed by atoms with Crippen LogP contribution in [0.3, 0.4) is 0 Å². The Morgan fingerprint density at radius 2 is 2.16 bits per heavy atom. The van der Waals surface area contributed by atoms with Gasteiger partial charge in [0.2, 0.25) is 0 Å². The average Bonchev–Trinajstić information content (AvgIpc) is 2.30. The molecule has 106 valence electrons. The van der Waals surface area contributed by atoms with Gasteiger partial charge >= 0.3 is 5.97 Å². The minimum Gasteiger partial charge on any atom is -0.478 e. The summed E-state index contributed by atoms with van der Waals surface area (Å²) in [6.45, 7) is 5.63. The Morgan fingerprint density at radius 3 is 2.63 bits per heavy atom. The van der Waals surface area contributed by atoms with Crippen molar-refractivity contribution in [2.75, 3.05) is 37.8 Å². The fourth-order valence-corrected chi connectivity index (χ4v) is 2.17. The Labute approximate surface area is 113 Å². The van der Waals surface area contributed by atoms with Gasteiger partial charge in [-0.3, -0.25) is 0 Å². The van der Waals surface area contributed by atoms with Crippen LogP contribution in [-0.2, 0) is 0 Å². The van der Waals surface area contributed by atoms with Crippen LogP contribution in [-0.4, -0.2) is 54.2 Å². The number of hydrogen-bond donors (Lipinski definition) is 2. The molecule has 0 fully saturated rings. The van der Waals surface area contributed by atoms with Gasteiger partial charge in [0.05, 0.1) is 11.3 Å². The van der Waals surface area contributed by atoms with E-state index in [9.17, 15) is 4.79 Å². The monoisotopic (exact) mass is 266 g/mol. The van der Waals surface area contributed by atoms with E-state index in [-0.39, 0.29) is 17.3 Å². The van der Waals surface area contributed by atoms with Gasteiger partial charge in [0, 0.05) is 25.3 Å². The molecule has 1 unspecified atom stereocenters. The predicted molar refractivity (Wildman–Crippen MR) is 76.6 cm³/mol. The maximum Gasteiger partial charge on any atom is 0.337 e. The third-order valence-electron chi connectivity index (χ3n) is 2.97. The molecule has 0 spiro atoms. The normalized spacial score (nSPS) is 12.5. The van der Waals surface area contributed by atoms with Crippen LogP contribution in [0.2, 0.25) is 0 Å². The molecule has 0 radical (unpaired) electrons. The van der Waals surface area contributed by atoms with Crippen molar-refractivity contribution < 1.29 is 9.90 Å². The van der Waals surface area contributed by atoms with E-state index < -0.39 is 5.97 Å². The number of rotatable bonds is 6. The molecule has 1 aromatic rings. The van der Waals surface area contributed by atoms with Crippen molar-refractivity contribution in [3.63, 3.8) is 0 Å². The third-order valence-corrected chi connectivity index (χ3v) is 2.97. The van der Waals surface area contributed by atoms with Gasteiger partial charge in [-0.2, -0.15) is 0 Å². The zero-order valence-corrected chi connectivity index (χ0v) is 11.9. The molecule has 6 nitrogen and oxygen atoms in total. The van der Waals surface area contributed by atoms with Crippen LogP contribution in [0.25, 0.3) is 0 Å². The second-order valence-corrected chi connectivity index (χ2v) is 4.80. The fraction of sp³-hybridized carbons (Fsp3) is 0.538. The Hall–Kier alpha value is -1.82. The molecular formula is C13H22N4O2. The summed E-state index contributed by atoms with van der Waals surface area (Å²) in [4.78, 5) is 19.4. The number of anilines is 2. The van der Waals surface area contributed by atoms with Gasteiger partial charge in [-0.05, 0) is 34.0 Å². The van der Waals surface area contributed by atoms with Crippen molar-refractivity contribution in [3.05, 3.63) is 17.8 Å². The molecule has 0 bridgehead atoms. The summed E-state index contributed by atoms with van der Waals surface area (Å²) in [5.74, 6) is -0.491. The van der Waals surface area contributed by atoms with Gasteiger partial charge in [-0.25, -0.2) is 9.78 Å². The molecule has 6 heteroatoms. The highest BCUT2D eigenvalue weighted by atomic mass is 16.4. The average molecular weight is 266 g/mol. The number of hydrogen-bond acceptors (Lipinski definition) is 5. The van der Waals surface area contributed by atoms with Crippen LogP contribution in [0.4, 0.5) is 11.5 Å². The lowest BCUT2D eigenvalue weighted by Gasteiger charge is -2.32. The summed E-state index contributed by atoms with van der Waals surface area (Å²) in [5, 5.41) is 9.09. The van der Waals surface area contributed by atoms with Crippen molar-refractivity contribution in [3.8, 4) is 0 Å². The maximum atomic E-state index is 11.1. The zero-order chi connectivity index (χ0) is 14.6. The highest BCUT2D eigenvalue weighted by Crippen LogP contribution is 2.25. The van der Waals surface area contributed by atoms with Gasteiger partial charge in [0.15, 0.2) is 5.82 Å². The minimum absolute atomic E-state index is 0.0977. The summed E-state index contributed by atoms with van der Waals surface area (Å²) in [6, 6.07) is 1.62. The lowest BCUT2D eigenvalue weighted by Crippen LogP contribution is -2.41. The molecule has 0 aliphatic carbocycles. The van der Waals surface area contributed by atoms with Gasteiger partial charge in [-0.1, -0.05) is 0 Å². The highest BCUT2D eigenvalue weighted by molar-refractivity contribution is 5.96. The summed E-state index contributed by atoms with van der Waals surface area (Å²) < 4.78 is 0. The molecule has 0 saturated heterocycles. The van der Waals surface area contributed by atoms with Crippen molar-refractivity contribution in [2.24, 2.45) is 0 Å². The van der Waals surface area contributed by atoms with E-state index in [0.29, 0.717) is 5.82 Å². The Balaban J connectivity index is 3.11. The van der Waals surface area contributed by atoms with Gasteiger partial charge in [0.1, 0.15) is 0 Å². The van der Waals surface area contributed by atoms with E-state index in [4.69, 9.17) is 10.8 Å². The van der Waals surface area contributed by atoms with Crippen LogP contribution < -0.4 is 10.6 Å². The largest absolute Gasteiger partial charge is 0.478 e. The second-order valence-electron chi connectivity index (χ2n) is 4.80. The maximum absolute atomic E-state index is 11.1. The molecule has 3 N–H and O–H groups in total. The molecule has 0 aliphatic rings. The molecule has 0 aromatic carbocycles. The third kappa shape index (κ3) is 3.57. The smallest absolute Gasteiger partial charge is 0.337 e.